The molecule has 2 rings (SSSR count). The molecule has 0 N–H and O–H groups in total. The highest BCUT2D eigenvalue weighted by atomic mass is 15.1. The first-order chi connectivity index (χ1) is 7.68. The second-order valence-electron chi connectivity index (χ2n) is 4.83. The van der Waals surface area contributed by atoms with Crippen molar-refractivity contribution in [2.75, 3.05) is 18.0 Å². The number of nitrogens with zero attached hydrogens (tertiary/aromatic N) is 1. The van der Waals surface area contributed by atoms with Crippen LogP contribution in [0.4, 0.5) is 5.69 Å². The highest BCUT2D eigenvalue weighted by Crippen LogP contribution is 2.26. The largest absolute Gasteiger partial charge is 0.371 e. The SMILES string of the molecule is C=C(C)c1ccc(N2CCCCC2)c(C)c1. The summed E-state index contributed by atoms with van der Waals surface area (Å²) in [4.78, 5) is 2.51. The first kappa shape index (κ1) is 11.3. The van der Waals surface area contributed by atoms with E-state index in [2.05, 4.69) is 43.5 Å². The zero-order valence-electron chi connectivity index (χ0n) is 10.4. The van der Waals surface area contributed by atoms with Crippen molar-refractivity contribution in [1.82, 2.24) is 0 Å². The summed E-state index contributed by atoms with van der Waals surface area (Å²) < 4.78 is 0. The maximum absolute atomic E-state index is 4.00. The van der Waals surface area contributed by atoms with Crippen molar-refractivity contribution in [2.24, 2.45) is 0 Å². The minimum Gasteiger partial charge on any atom is -0.371 e. The van der Waals surface area contributed by atoms with Gasteiger partial charge in [0.15, 0.2) is 0 Å². The molecule has 1 aliphatic heterocycles. The molecule has 1 nitrogen and oxygen atoms in total. The number of benzene rings is 1. The van der Waals surface area contributed by atoms with Crippen molar-refractivity contribution in [2.45, 2.75) is 33.1 Å². The first-order valence-corrected chi connectivity index (χ1v) is 6.20. The van der Waals surface area contributed by atoms with Gasteiger partial charge in [-0.15, -0.1) is 0 Å². The van der Waals surface area contributed by atoms with Crippen molar-refractivity contribution in [3.63, 3.8) is 0 Å². The monoisotopic (exact) mass is 215 g/mol. The third-order valence-corrected chi connectivity index (χ3v) is 3.39. The quantitative estimate of drug-likeness (QED) is 0.720. The number of hydrogen-bond donors (Lipinski definition) is 0. The zero-order chi connectivity index (χ0) is 11.5. The summed E-state index contributed by atoms with van der Waals surface area (Å²) >= 11 is 0. The van der Waals surface area contributed by atoms with Crippen LogP contribution in [0.3, 0.4) is 0 Å². The van der Waals surface area contributed by atoms with Crippen LogP contribution in [0.15, 0.2) is 24.8 Å². The number of allylic oxidation sites excluding steroid dienone is 1. The van der Waals surface area contributed by atoms with Gasteiger partial charge in [-0.25, -0.2) is 0 Å². The van der Waals surface area contributed by atoms with Crippen LogP contribution in [-0.4, -0.2) is 13.1 Å². The minimum atomic E-state index is 1.15. The molecule has 1 fully saturated rings. The third kappa shape index (κ3) is 2.29. The van der Waals surface area contributed by atoms with Crippen molar-refractivity contribution >= 4 is 11.3 Å². The Labute approximate surface area is 98.8 Å². The van der Waals surface area contributed by atoms with Crippen molar-refractivity contribution in [3.8, 4) is 0 Å². The van der Waals surface area contributed by atoms with Gasteiger partial charge in [-0.2, -0.15) is 0 Å². The summed E-state index contributed by atoms with van der Waals surface area (Å²) in [5.41, 5.74) is 5.19. The molecular weight excluding hydrogens is 194 g/mol. The molecule has 0 atom stereocenters. The number of rotatable bonds is 2. The van der Waals surface area contributed by atoms with E-state index in [1.807, 2.05) is 0 Å². The van der Waals surface area contributed by atoms with Gasteiger partial charge in [0, 0.05) is 18.8 Å². The normalized spacial score (nSPS) is 16.2. The Morgan fingerprint density at radius 3 is 2.44 bits per heavy atom. The molecule has 1 aromatic rings. The predicted octanol–water partition coefficient (Wildman–Crippen LogP) is 4.02. The van der Waals surface area contributed by atoms with E-state index in [-0.39, 0.29) is 0 Å². The second-order valence-corrected chi connectivity index (χ2v) is 4.83. The Kier molecular flexibility index (Phi) is 3.33. The Morgan fingerprint density at radius 1 is 1.19 bits per heavy atom. The fourth-order valence-corrected chi connectivity index (χ4v) is 2.41. The van der Waals surface area contributed by atoms with Crippen LogP contribution in [0.2, 0.25) is 0 Å². The predicted molar refractivity (Wildman–Crippen MR) is 72.0 cm³/mol. The fourth-order valence-electron chi connectivity index (χ4n) is 2.41. The van der Waals surface area contributed by atoms with Crippen LogP contribution in [0.25, 0.3) is 5.57 Å². The van der Waals surface area contributed by atoms with Crippen molar-refractivity contribution in [1.29, 1.82) is 0 Å². The molecule has 1 heteroatoms. The van der Waals surface area contributed by atoms with Crippen LogP contribution in [0, 0.1) is 6.92 Å². The lowest BCUT2D eigenvalue weighted by Gasteiger charge is -2.30. The van der Waals surface area contributed by atoms with Crippen LogP contribution in [0.1, 0.15) is 37.3 Å². The van der Waals surface area contributed by atoms with Gasteiger partial charge in [0.05, 0.1) is 0 Å². The van der Waals surface area contributed by atoms with Gasteiger partial charge in [-0.1, -0.05) is 18.2 Å². The molecule has 0 bridgehead atoms. The van der Waals surface area contributed by atoms with E-state index in [0.717, 1.165) is 5.57 Å². The summed E-state index contributed by atoms with van der Waals surface area (Å²) in [6, 6.07) is 6.70. The Balaban J connectivity index is 2.24. The van der Waals surface area contributed by atoms with E-state index in [1.165, 1.54) is 49.2 Å². The van der Waals surface area contributed by atoms with Crippen molar-refractivity contribution in [3.05, 3.63) is 35.9 Å². The molecule has 0 radical (unpaired) electrons. The van der Waals surface area contributed by atoms with Gasteiger partial charge in [0.1, 0.15) is 0 Å². The number of hydrogen-bond acceptors (Lipinski definition) is 1. The van der Waals surface area contributed by atoms with E-state index in [0.29, 0.717) is 0 Å². The van der Waals surface area contributed by atoms with Crippen LogP contribution >= 0.6 is 0 Å². The van der Waals surface area contributed by atoms with Crippen LogP contribution in [0.5, 0.6) is 0 Å². The molecule has 1 aliphatic rings. The summed E-state index contributed by atoms with van der Waals surface area (Å²) in [5, 5.41) is 0. The van der Waals surface area contributed by atoms with E-state index < -0.39 is 0 Å². The fraction of sp³-hybridized carbons (Fsp3) is 0.467. The van der Waals surface area contributed by atoms with E-state index in [1.54, 1.807) is 0 Å². The molecule has 0 spiro atoms. The van der Waals surface area contributed by atoms with Gasteiger partial charge >= 0.3 is 0 Å². The maximum atomic E-state index is 4.00. The standard InChI is InChI=1S/C15H21N/c1-12(2)14-7-8-15(13(3)11-14)16-9-5-4-6-10-16/h7-8,11H,1,4-6,9-10H2,2-3H3. The third-order valence-electron chi connectivity index (χ3n) is 3.39. The second kappa shape index (κ2) is 4.73. The zero-order valence-corrected chi connectivity index (χ0v) is 10.4. The van der Waals surface area contributed by atoms with Crippen molar-refractivity contribution < 1.29 is 0 Å². The van der Waals surface area contributed by atoms with E-state index in [9.17, 15) is 0 Å². The average molecular weight is 215 g/mol. The number of piperidine rings is 1. The molecule has 0 amide bonds. The molecule has 1 saturated heterocycles. The first-order valence-electron chi connectivity index (χ1n) is 6.20. The van der Waals surface area contributed by atoms with Gasteiger partial charge < -0.3 is 4.90 Å². The molecule has 1 heterocycles. The lowest BCUT2D eigenvalue weighted by atomic mass is 10.0. The van der Waals surface area contributed by atoms with Gasteiger partial charge in [0.2, 0.25) is 0 Å². The minimum absolute atomic E-state index is 1.15. The molecular formula is C15H21N. The Bertz CT molecular complexity index is 386. The van der Waals surface area contributed by atoms with E-state index >= 15 is 0 Å². The maximum Gasteiger partial charge on any atom is 0.0396 e. The molecule has 16 heavy (non-hydrogen) atoms. The van der Waals surface area contributed by atoms with Gasteiger partial charge in [0.25, 0.3) is 0 Å². The highest BCUT2D eigenvalue weighted by Gasteiger charge is 2.12. The lowest BCUT2D eigenvalue weighted by Crippen LogP contribution is -2.29. The molecule has 86 valence electrons. The molecule has 0 aromatic heterocycles. The van der Waals surface area contributed by atoms with Crippen LogP contribution in [-0.2, 0) is 0 Å². The highest BCUT2D eigenvalue weighted by molar-refractivity contribution is 5.66. The van der Waals surface area contributed by atoms with Gasteiger partial charge in [-0.05, 0) is 56.4 Å². The smallest absolute Gasteiger partial charge is 0.0396 e. The molecule has 0 unspecified atom stereocenters. The molecule has 0 saturated carbocycles. The van der Waals surface area contributed by atoms with Crippen LogP contribution < -0.4 is 4.90 Å². The summed E-state index contributed by atoms with van der Waals surface area (Å²) in [6.45, 7) is 10.7. The Morgan fingerprint density at radius 2 is 1.88 bits per heavy atom. The molecule has 1 aromatic carbocycles. The average Bonchev–Trinajstić information content (AvgIpc) is 2.30. The summed E-state index contributed by atoms with van der Waals surface area (Å²) in [5.74, 6) is 0. The molecule has 0 aliphatic carbocycles. The number of aryl methyl sites for hydroxylation is 1. The Hall–Kier alpha value is -1.24. The summed E-state index contributed by atoms with van der Waals surface area (Å²) in [6.07, 6.45) is 4.06. The van der Waals surface area contributed by atoms with Gasteiger partial charge in [-0.3, -0.25) is 0 Å². The summed E-state index contributed by atoms with van der Waals surface area (Å²) in [7, 11) is 0. The topological polar surface area (TPSA) is 3.24 Å². The van der Waals surface area contributed by atoms with E-state index in [4.69, 9.17) is 0 Å². The lowest BCUT2D eigenvalue weighted by molar-refractivity contribution is 0.577. The number of anilines is 1.